The molecule has 0 aliphatic carbocycles. The molecular formula is C29H26N2O3. The van der Waals surface area contributed by atoms with Gasteiger partial charge in [-0.2, -0.15) is 0 Å². The van der Waals surface area contributed by atoms with E-state index in [-0.39, 0.29) is 17.6 Å². The molecular weight excluding hydrogens is 424 g/mol. The highest BCUT2D eigenvalue weighted by Gasteiger charge is 2.22. The largest absolute Gasteiger partial charge is 0.506 e. The van der Waals surface area contributed by atoms with Gasteiger partial charge in [-0.3, -0.25) is 9.59 Å². The molecule has 0 atom stereocenters. The van der Waals surface area contributed by atoms with Gasteiger partial charge in [0.05, 0.1) is 22.5 Å². The lowest BCUT2D eigenvalue weighted by atomic mass is 9.95. The van der Waals surface area contributed by atoms with Gasteiger partial charge in [-0.25, -0.2) is 0 Å². The molecule has 5 nitrogen and oxygen atoms in total. The second-order valence-electron chi connectivity index (χ2n) is 8.22. The SMILES string of the molecule is Cc1ccc(N(C)C(=O)c2ccccc2NC(=O)c2c(C)cccc2-c2ccccc2)c(O)c1. The Bertz CT molecular complexity index is 1360. The van der Waals surface area contributed by atoms with Crippen molar-refractivity contribution < 1.29 is 14.7 Å². The van der Waals surface area contributed by atoms with E-state index in [1.807, 2.05) is 68.4 Å². The molecule has 0 aromatic heterocycles. The highest BCUT2D eigenvalue weighted by molar-refractivity contribution is 6.15. The maximum atomic E-state index is 13.5. The molecule has 0 heterocycles. The van der Waals surface area contributed by atoms with E-state index in [9.17, 15) is 14.7 Å². The minimum Gasteiger partial charge on any atom is -0.506 e. The zero-order valence-electron chi connectivity index (χ0n) is 19.4. The fourth-order valence-corrected chi connectivity index (χ4v) is 4.00. The molecule has 0 unspecified atom stereocenters. The van der Waals surface area contributed by atoms with Crippen LogP contribution in [0.5, 0.6) is 5.75 Å². The number of hydrogen-bond donors (Lipinski definition) is 2. The van der Waals surface area contributed by atoms with Crippen LogP contribution in [0.4, 0.5) is 11.4 Å². The molecule has 0 aliphatic rings. The van der Waals surface area contributed by atoms with Crippen molar-refractivity contribution in [1.29, 1.82) is 0 Å². The van der Waals surface area contributed by atoms with Crippen molar-refractivity contribution in [2.24, 2.45) is 0 Å². The number of anilines is 2. The van der Waals surface area contributed by atoms with Crippen LogP contribution in [0.3, 0.4) is 0 Å². The topological polar surface area (TPSA) is 69.6 Å². The molecule has 0 saturated carbocycles. The second-order valence-corrected chi connectivity index (χ2v) is 8.22. The van der Waals surface area contributed by atoms with Crippen molar-refractivity contribution in [3.05, 3.63) is 113 Å². The van der Waals surface area contributed by atoms with E-state index in [0.29, 0.717) is 22.5 Å². The van der Waals surface area contributed by atoms with E-state index in [2.05, 4.69) is 5.32 Å². The second kappa shape index (κ2) is 9.63. The van der Waals surface area contributed by atoms with Gasteiger partial charge in [-0.15, -0.1) is 0 Å². The van der Waals surface area contributed by atoms with Crippen LogP contribution < -0.4 is 10.2 Å². The van der Waals surface area contributed by atoms with Crippen LogP contribution in [0.1, 0.15) is 31.8 Å². The Morgan fingerprint density at radius 1 is 0.824 bits per heavy atom. The fraction of sp³-hybridized carbons (Fsp3) is 0.103. The number of phenols is 1. The number of phenolic OH excluding ortho intramolecular Hbond substituents is 1. The Hall–Kier alpha value is -4.38. The molecule has 4 aromatic carbocycles. The zero-order valence-corrected chi connectivity index (χ0v) is 19.4. The first kappa shape index (κ1) is 22.8. The molecule has 2 N–H and O–H groups in total. The number of aromatic hydroxyl groups is 1. The van der Waals surface area contributed by atoms with Gasteiger partial charge in [-0.1, -0.05) is 66.7 Å². The first-order valence-corrected chi connectivity index (χ1v) is 11.0. The van der Waals surface area contributed by atoms with Gasteiger partial charge >= 0.3 is 0 Å². The highest BCUT2D eigenvalue weighted by Crippen LogP contribution is 2.31. The van der Waals surface area contributed by atoms with Crippen LogP contribution in [0.2, 0.25) is 0 Å². The summed E-state index contributed by atoms with van der Waals surface area (Å²) < 4.78 is 0. The van der Waals surface area contributed by atoms with Crippen molar-refractivity contribution in [2.75, 3.05) is 17.3 Å². The van der Waals surface area contributed by atoms with E-state index in [1.165, 1.54) is 4.90 Å². The maximum Gasteiger partial charge on any atom is 0.260 e. The van der Waals surface area contributed by atoms with Crippen LogP contribution in [0, 0.1) is 13.8 Å². The third kappa shape index (κ3) is 4.55. The summed E-state index contributed by atoms with van der Waals surface area (Å²) in [5.41, 5.74) is 5.17. The quantitative estimate of drug-likeness (QED) is 0.380. The van der Waals surface area contributed by atoms with E-state index in [0.717, 1.165) is 22.3 Å². The van der Waals surface area contributed by atoms with Crippen LogP contribution in [0.25, 0.3) is 11.1 Å². The van der Waals surface area contributed by atoms with Crippen molar-refractivity contribution in [3.8, 4) is 16.9 Å². The van der Waals surface area contributed by atoms with Crippen LogP contribution in [0.15, 0.2) is 91.0 Å². The smallest absolute Gasteiger partial charge is 0.260 e. The van der Waals surface area contributed by atoms with Crippen molar-refractivity contribution >= 4 is 23.2 Å². The summed E-state index contributed by atoms with van der Waals surface area (Å²) in [6.07, 6.45) is 0. The number of para-hydroxylation sites is 1. The van der Waals surface area contributed by atoms with Gasteiger partial charge in [0.25, 0.3) is 11.8 Å². The lowest BCUT2D eigenvalue weighted by Gasteiger charge is -2.21. The lowest BCUT2D eigenvalue weighted by molar-refractivity contribution is 0.0993. The Morgan fingerprint density at radius 2 is 1.53 bits per heavy atom. The molecule has 4 rings (SSSR count). The first-order chi connectivity index (χ1) is 16.4. The maximum absolute atomic E-state index is 13.5. The molecule has 0 spiro atoms. The summed E-state index contributed by atoms with van der Waals surface area (Å²) >= 11 is 0. The fourth-order valence-electron chi connectivity index (χ4n) is 4.00. The molecule has 0 radical (unpaired) electrons. The minimum atomic E-state index is -0.344. The Morgan fingerprint density at radius 3 is 2.26 bits per heavy atom. The number of hydrogen-bond acceptors (Lipinski definition) is 3. The van der Waals surface area contributed by atoms with Gasteiger partial charge in [-0.05, 0) is 60.4 Å². The molecule has 170 valence electrons. The summed E-state index contributed by atoms with van der Waals surface area (Å²) in [5.74, 6) is -0.620. The Labute approximate surface area is 199 Å². The van der Waals surface area contributed by atoms with Gasteiger partial charge in [0, 0.05) is 7.05 Å². The predicted octanol–water partition coefficient (Wildman–Crippen LogP) is 6.20. The van der Waals surface area contributed by atoms with Gasteiger partial charge < -0.3 is 15.3 Å². The Balaban J connectivity index is 1.68. The van der Waals surface area contributed by atoms with Gasteiger partial charge in [0.2, 0.25) is 0 Å². The summed E-state index contributed by atoms with van der Waals surface area (Å²) in [6.45, 7) is 3.76. The number of carbonyl (C=O) groups is 2. The Kier molecular flexibility index (Phi) is 6.46. The summed E-state index contributed by atoms with van der Waals surface area (Å²) in [5, 5.41) is 13.3. The highest BCUT2D eigenvalue weighted by atomic mass is 16.3. The van der Waals surface area contributed by atoms with E-state index in [4.69, 9.17) is 0 Å². The number of aryl methyl sites for hydroxylation is 2. The van der Waals surface area contributed by atoms with Crippen LogP contribution >= 0.6 is 0 Å². The van der Waals surface area contributed by atoms with E-state index < -0.39 is 0 Å². The summed E-state index contributed by atoms with van der Waals surface area (Å²) in [6, 6.07) is 27.5. The third-order valence-electron chi connectivity index (χ3n) is 5.79. The zero-order chi connectivity index (χ0) is 24.2. The normalized spacial score (nSPS) is 10.6. The number of nitrogens with one attached hydrogen (secondary N) is 1. The molecule has 5 heteroatoms. The number of rotatable bonds is 5. The molecule has 2 amide bonds. The first-order valence-electron chi connectivity index (χ1n) is 11.0. The third-order valence-corrected chi connectivity index (χ3v) is 5.79. The number of nitrogens with zero attached hydrogens (tertiary/aromatic N) is 1. The number of benzene rings is 4. The molecule has 34 heavy (non-hydrogen) atoms. The molecule has 4 aromatic rings. The minimum absolute atomic E-state index is 0.0183. The van der Waals surface area contributed by atoms with Crippen LogP contribution in [-0.4, -0.2) is 24.0 Å². The number of amides is 2. The average Bonchev–Trinajstić information content (AvgIpc) is 2.84. The van der Waals surface area contributed by atoms with Crippen molar-refractivity contribution in [2.45, 2.75) is 13.8 Å². The average molecular weight is 451 g/mol. The number of carbonyl (C=O) groups excluding carboxylic acids is 2. The van der Waals surface area contributed by atoms with Gasteiger partial charge in [0.15, 0.2) is 0 Å². The van der Waals surface area contributed by atoms with Gasteiger partial charge in [0.1, 0.15) is 5.75 Å². The van der Waals surface area contributed by atoms with Crippen molar-refractivity contribution in [1.82, 2.24) is 0 Å². The molecule has 0 fully saturated rings. The molecule has 0 saturated heterocycles. The van der Waals surface area contributed by atoms with E-state index in [1.54, 1.807) is 43.4 Å². The van der Waals surface area contributed by atoms with Crippen molar-refractivity contribution in [3.63, 3.8) is 0 Å². The van der Waals surface area contributed by atoms with E-state index >= 15 is 0 Å². The standard InChI is InChI=1S/C29H26N2O3/c1-19-16-17-25(26(32)18-19)31(3)29(34)23-13-7-8-15-24(23)30-28(33)27-20(2)10-9-14-22(27)21-11-5-4-6-12-21/h4-18,32H,1-3H3,(H,30,33). The monoisotopic (exact) mass is 450 g/mol. The summed E-state index contributed by atoms with van der Waals surface area (Å²) in [4.78, 5) is 28.2. The molecule has 0 aliphatic heterocycles. The van der Waals surface area contributed by atoms with Crippen LogP contribution in [-0.2, 0) is 0 Å². The predicted molar refractivity (Wildman–Crippen MR) is 137 cm³/mol. The lowest BCUT2D eigenvalue weighted by Crippen LogP contribution is -2.28. The molecule has 0 bridgehead atoms. The summed E-state index contributed by atoms with van der Waals surface area (Å²) in [7, 11) is 1.60.